The minimum absolute atomic E-state index is 0. The van der Waals surface area contributed by atoms with E-state index in [1.165, 1.54) is 48.8 Å². The largest absolute Gasteiger partial charge is 0.348 e. The second-order valence-corrected chi connectivity index (χ2v) is 8.06. The van der Waals surface area contributed by atoms with E-state index < -0.39 is 21.5 Å². The Balaban J connectivity index is 0.00000338. The molecule has 0 spiro atoms. The highest BCUT2D eigenvalue weighted by atomic mass is 35.5. The molecule has 2 amide bonds. The number of benzene rings is 1. The number of halogens is 1. The summed E-state index contributed by atoms with van der Waals surface area (Å²) in [4.78, 5) is 25.0. The van der Waals surface area contributed by atoms with E-state index in [4.69, 9.17) is 0 Å². The van der Waals surface area contributed by atoms with Gasteiger partial charge in [0.05, 0.1) is 4.90 Å². The molecular weight excluding hydrogens is 378 g/mol. The highest BCUT2D eigenvalue weighted by molar-refractivity contribution is 7.92. The van der Waals surface area contributed by atoms with Crippen LogP contribution in [0.4, 0.5) is 0 Å². The van der Waals surface area contributed by atoms with Crippen molar-refractivity contribution in [2.75, 3.05) is 39.5 Å². The molecule has 0 unspecified atom stereocenters. The molecule has 1 heterocycles. The maximum absolute atomic E-state index is 12.2. The molecule has 2 N–H and O–H groups in total. The second-order valence-electron chi connectivity index (χ2n) is 6.07. The summed E-state index contributed by atoms with van der Waals surface area (Å²) in [6.45, 7) is 2.20. The highest BCUT2D eigenvalue weighted by Crippen LogP contribution is 2.13. The first-order valence-corrected chi connectivity index (χ1v) is 9.64. The maximum Gasteiger partial charge on any atom is 0.251 e. The van der Waals surface area contributed by atoms with Crippen LogP contribution in [0.5, 0.6) is 0 Å². The van der Waals surface area contributed by atoms with Crippen LogP contribution in [0.3, 0.4) is 0 Å². The van der Waals surface area contributed by atoms with Crippen LogP contribution in [0.15, 0.2) is 40.8 Å². The quantitative estimate of drug-likeness (QED) is 0.681. The standard InChI is InChI=1S/C17H23N3O4S.ClH/c1-20(2)16(21)12-25(23,24)15-5-3-14(4-6-15)17(22)19-11-13-7-9-18-10-8-13;/h3-7,18H,8-12H2,1-2H3,(H,19,22);1H. The lowest BCUT2D eigenvalue weighted by molar-refractivity contribution is -0.125. The van der Waals surface area contributed by atoms with Gasteiger partial charge in [-0.1, -0.05) is 11.6 Å². The summed E-state index contributed by atoms with van der Waals surface area (Å²) >= 11 is 0. The lowest BCUT2D eigenvalue weighted by Gasteiger charge is -2.14. The Hall–Kier alpha value is -1.90. The first-order valence-electron chi connectivity index (χ1n) is 7.99. The second kappa shape index (κ2) is 9.70. The van der Waals surface area contributed by atoms with Gasteiger partial charge in [0.2, 0.25) is 5.91 Å². The number of nitrogens with zero attached hydrogens (tertiary/aromatic N) is 1. The van der Waals surface area contributed by atoms with Gasteiger partial charge in [0.15, 0.2) is 9.84 Å². The number of rotatable bonds is 6. The lowest BCUT2D eigenvalue weighted by atomic mass is 10.1. The van der Waals surface area contributed by atoms with Crippen LogP contribution in [0, 0.1) is 0 Å². The molecule has 0 fully saturated rings. The fourth-order valence-electron chi connectivity index (χ4n) is 2.31. The molecular formula is C17H24ClN3O4S. The zero-order valence-corrected chi connectivity index (χ0v) is 16.5. The molecule has 0 bridgehead atoms. The Morgan fingerprint density at radius 2 is 1.85 bits per heavy atom. The summed E-state index contributed by atoms with van der Waals surface area (Å²) in [5.74, 6) is -1.34. The van der Waals surface area contributed by atoms with Gasteiger partial charge in [0, 0.05) is 32.7 Å². The van der Waals surface area contributed by atoms with Crippen molar-refractivity contribution in [3.8, 4) is 0 Å². The minimum Gasteiger partial charge on any atom is -0.348 e. The molecule has 2 rings (SSSR count). The van der Waals surface area contributed by atoms with Crippen molar-refractivity contribution in [2.45, 2.75) is 11.3 Å². The molecule has 144 valence electrons. The van der Waals surface area contributed by atoms with Crippen molar-refractivity contribution in [1.29, 1.82) is 0 Å². The van der Waals surface area contributed by atoms with Gasteiger partial charge in [-0.05, 0) is 37.2 Å². The summed E-state index contributed by atoms with van der Waals surface area (Å²) in [5.41, 5.74) is 1.56. The first kappa shape index (κ1) is 22.1. The van der Waals surface area contributed by atoms with Crippen LogP contribution in [-0.4, -0.2) is 64.6 Å². The Bertz CT molecular complexity index is 774. The number of hydrogen-bond donors (Lipinski definition) is 2. The van der Waals surface area contributed by atoms with Crippen molar-refractivity contribution in [3.05, 3.63) is 41.5 Å². The molecule has 0 aliphatic carbocycles. The Labute approximate surface area is 160 Å². The third kappa shape index (κ3) is 6.12. The summed E-state index contributed by atoms with van der Waals surface area (Å²) in [5, 5.41) is 6.03. The molecule has 26 heavy (non-hydrogen) atoms. The first-order chi connectivity index (χ1) is 11.8. The summed E-state index contributed by atoms with van der Waals surface area (Å²) in [6.07, 6.45) is 2.96. The van der Waals surface area contributed by atoms with Crippen molar-refractivity contribution in [3.63, 3.8) is 0 Å². The fourth-order valence-corrected chi connectivity index (χ4v) is 3.62. The number of amides is 2. The Morgan fingerprint density at radius 3 is 2.38 bits per heavy atom. The molecule has 1 aliphatic rings. The zero-order chi connectivity index (χ0) is 18.4. The molecule has 1 aromatic carbocycles. The molecule has 1 aromatic rings. The highest BCUT2D eigenvalue weighted by Gasteiger charge is 2.20. The van der Waals surface area contributed by atoms with E-state index in [0.717, 1.165) is 19.5 Å². The molecule has 0 atom stereocenters. The van der Waals surface area contributed by atoms with Crippen LogP contribution in [0.25, 0.3) is 0 Å². The van der Waals surface area contributed by atoms with Crippen LogP contribution >= 0.6 is 12.4 Å². The van der Waals surface area contributed by atoms with Crippen LogP contribution < -0.4 is 10.6 Å². The average Bonchev–Trinajstić information content (AvgIpc) is 2.60. The van der Waals surface area contributed by atoms with Gasteiger partial charge in [-0.25, -0.2) is 8.42 Å². The van der Waals surface area contributed by atoms with Gasteiger partial charge < -0.3 is 15.5 Å². The molecule has 0 radical (unpaired) electrons. The van der Waals surface area contributed by atoms with E-state index in [-0.39, 0.29) is 23.2 Å². The number of nitrogens with one attached hydrogen (secondary N) is 2. The van der Waals surface area contributed by atoms with Gasteiger partial charge in [0.1, 0.15) is 5.75 Å². The maximum atomic E-state index is 12.2. The van der Waals surface area contributed by atoms with E-state index in [2.05, 4.69) is 16.7 Å². The zero-order valence-electron chi connectivity index (χ0n) is 14.8. The normalized spacial score (nSPS) is 14.0. The smallest absolute Gasteiger partial charge is 0.251 e. The molecule has 1 aliphatic heterocycles. The number of sulfone groups is 1. The van der Waals surface area contributed by atoms with Gasteiger partial charge in [0.25, 0.3) is 5.91 Å². The SMILES string of the molecule is CN(C)C(=O)CS(=O)(=O)c1ccc(C(=O)NCC2=CCNCC2)cc1.Cl. The van der Waals surface area contributed by atoms with E-state index in [0.29, 0.717) is 12.1 Å². The number of hydrogen-bond acceptors (Lipinski definition) is 5. The predicted octanol–water partition coefficient (Wildman–Crippen LogP) is 0.620. The van der Waals surface area contributed by atoms with E-state index in [1.54, 1.807) is 0 Å². The van der Waals surface area contributed by atoms with Gasteiger partial charge in [-0.2, -0.15) is 0 Å². The molecule has 9 heteroatoms. The third-order valence-corrected chi connectivity index (χ3v) is 5.54. The topological polar surface area (TPSA) is 95.6 Å². The van der Waals surface area contributed by atoms with Crippen LogP contribution in [0.1, 0.15) is 16.8 Å². The van der Waals surface area contributed by atoms with Gasteiger partial charge >= 0.3 is 0 Å². The summed E-state index contributed by atoms with van der Waals surface area (Å²) in [7, 11) is -0.709. The van der Waals surface area contributed by atoms with Gasteiger partial charge in [-0.3, -0.25) is 9.59 Å². The van der Waals surface area contributed by atoms with Crippen molar-refractivity contribution < 1.29 is 18.0 Å². The monoisotopic (exact) mass is 401 g/mol. The fraction of sp³-hybridized carbons (Fsp3) is 0.412. The van der Waals surface area contributed by atoms with Crippen LogP contribution in [0.2, 0.25) is 0 Å². The minimum atomic E-state index is -3.72. The van der Waals surface area contributed by atoms with Crippen molar-refractivity contribution >= 4 is 34.1 Å². The summed E-state index contributed by atoms with van der Waals surface area (Å²) in [6, 6.07) is 5.63. The Morgan fingerprint density at radius 1 is 1.19 bits per heavy atom. The van der Waals surface area contributed by atoms with E-state index in [9.17, 15) is 18.0 Å². The van der Waals surface area contributed by atoms with Crippen molar-refractivity contribution in [2.24, 2.45) is 0 Å². The molecule has 0 saturated heterocycles. The predicted molar refractivity (Wildman–Crippen MR) is 102 cm³/mol. The molecule has 7 nitrogen and oxygen atoms in total. The molecule has 0 saturated carbocycles. The van der Waals surface area contributed by atoms with E-state index >= 15 is 0 Å². The molecule has 0 aromatic heterocycles. The van der Waals surface area contributed by atoms with Crippen LogP contribution in [-0.2, 0) is 14.6 Å². The summed E-state index contributed by atoms with van der Waals surface area (Å²) < 4.78 is 24.4. The average molecular weight is 402 g/mol. The number of carbonyl (C=O) groups excluding carboxylic acids is 2. The number of carbonyl (C=O) groups is 2. The van der Waals surface area contributed by atoms with E-state index in [1.807, 2.05) is 0 Å². The Kier molecular flexibility index (Phi) is 8.26. The van der Waals surface area contributed by atoms with Gasteiger partial charge in [-0.15, -0.1) is 12.4 Å². The third-order valence-electron chi connectivity index (χ3n) is 3.92. The van der Waals surface area contributed by atoms with Crippen molar-refractivity contribution in [1.82, 2.24) is 15.5 Å². The lowest BCUT2D eigenvalue weighted by Crippen LogP contribution is -2.30.